The Hall–Kier alpha value is 0.390. The zero-order valence-corrected chi connectivity index (χ0v) is 10.6. The summed E-state index contributed by atoms with van der Waals surface area (Å²) in [6, 6.07) is 0. The van der Waals surface area contributed by atoms with Crippen LogP contribution in [0.4, 0.5) is 0 Å². The first-order valence-corrected chi connectivity index (χ1v) is 7.55. The van der Waals surface area contributed by atoms with Crippen LogP contribution >= 0.6 is 31.4 Å². The average molecular weight is 238 g/mol. The summed E-state index contributed by atoms with van der Waals surface area (Å²) in [5.74, 6) is 0.349. The summed E-state index contributed by atoms with van der Waals surface area (Å²) in [5.41, 5.74) is 0. The van der Waals surface area contributed by atoms with Crippen LogP contribution in [0.2, 0.25) is 0 Å². The first-order valence-electron chi connectivity index (χ1n) is 3.95. The molecule has 5 heteroatoms. The number of carbonyl (C=O) groups is 2. The van der Waals surface area contributed by atoms with Crippen LogP contribution in [0.15, 0.2) is 0 Å². The van der Waals surface area contributed by atoms with Crippen molar-refractivity contribution in [3.05, 3.63) is 0 Å². The molecule has 0 aliphatic rings. The normalized spacial score (nSPS) is 15.1. The second-order valence-electron chi connectivity index (χ2n) is 2.77. The molecular weight excluding hydrogens is 224 g/mol. The smallest absolute Gasteiger partial charge is 0.143 e. The Labute approximate surface area is 90.8 Å². The number of ketones is 2. The molecule has 0 aromatic carbocycles. The number of Topliss-reactive ketones (excluding diaryl/α,β-unsaturated/α-hetero) is 2. The zero-order chi connectivity index (χ0) is 10.4. The van der Waals surface area contributed by atoms with Gasteiger partial charge in [-0.05, 0) is 37.5 Å². The van der Waals surface area contributed by atoms with Gasteiger partial charge >= 0.3 is 0 Å². The highest BCUT2D eigenvalue weighted by Gasteiger charge is 2.12. The molecule has 0 heterocycles. The molecule has 0 N–H and O–H groups in total. The Morgan fingerprint density at radius 1 is 0.923 bits per heavy atom. The van der Waals surface area contributed by atoms with Crippen molar-refractivity contribution in [2.75, 3.05) is 0 Å². The summed E-state index contributed by atoms with van der Waals surface area (Å²) in [6.07, 6.45) is 0. The largest absolute Gasteiger partial charge is 0.299 e. The van der Waals surface area contributed by atoms with Crippen molar-refractivity contribution in [1.82, 2.24) is 0 Å². The molecular formula is C8H14O2S3. The van der Waals surface area contributed by atoms with Crippen LogP contribution in [0.5, 0.6) is 0 Å². The molecule has 13 heavy (non-hydrogen) atoms. The topological polar surface area (TPSA) is 34.1 Å². The van der Waals surface area contributed by atoms with Gasteiger partial charge in [0.05, 0.1) is 10.5 Å². The lowest BCUT2D eigenvalue weighted by Gasteiger charge is -2.08. The van der Waals surface area contributed by atoms with E-state index in [0.717, 1.165) is 0 Å². The predicted molar refractivity (Wildman–Crippen MR) is 63.1 cm³/mol. The van der Waals surface area contributed by atoms with Crippen LogP contribution in [0.25, 0.3) is 0 Å². The van der Waals surface area contributed by atoms with Gasteiger partial charge in [-0.3, -0.25) is 9.59 Å². The number of hydrogen-bond acceptors (Lipinski definition) is 5. The lowest BCUT2D eigenvalue weighted by Crippen LogP contribution is -2.08. The summed E-state index contributed by atoms with van der Waals surface area (Å²) < 4.78 is 0. The Morgan fingerprint density at radius 2 is 1.23 bits per heavy atom. The van der Waals surface area contributed by atoms with Crippen LogP contribution in [-0.4, -0.2) is 22.1 Å². The van der Waals surface area contributed by atoms with E-state index in [9.17, 15) is 9.59 Å². The molecule has 0 amide bonds. The molecule has 2 nitrogen and oxygen atoms in total. The number of carbonyl (C=O) groups excluding carboxylic acids is 2. The lowest BCUT2D eigenvalue weighted by atomic mass is 10.3. The van der Waals surface area contributed by atoms with Crippen molar-refractivity contribution < 1.29 is 9.59 Å². The average Bonchev–Trinajstić information content (AvgIpc) is 2.03. The fraction of sp³-hybridized carbons (Fsp3) is 0.750. The molecule has 0 aromatic rings. The van der Waals surface area contributed by atoms with Crippen molar-refractivity contribution in [2.24, 2.45) is 0 Å². The molecule has 76 valence electrons. The molecule has 0 saturated heterocycles. The van der Waals surface area contributed by atoms with E-state index in [-0.39, 0.29) is 22.1 Å². The molecule has 2 atom stereocenters. The van der Waals surface area contributed by atoms with E-state index in [1.165, 1.54) is 31.4 Å². The van der Waals surface area contributed by atoms with Gasteiger partial charge in [0.15, 0.2) is 0 Å². The minimum atomic E-state index is 0.0108. The first kappa shape index (κ1) is 13.4. The number of hydrogen-bond donors (Lipinski definition) is 0. The number of rotatable bonds is 6. The van der Waals surface area contributed by atoms with E-state index in [0.29, 0.717) is 0 Å². The summed E-state index contributed by atoms with van der Waals surface area (Å²) in [6.45, 7) is 6.91. The van der Waals surface area contributed by atoms with Crippen molar-refractivity contribution in [1.29, 1.82) is 0 Å². The Kier molecular flexibility index (Phi) is 6.99. The first-order chi connectivity index (χ1) is 5.95. The Morgan fingerprint density at radius 3 is 1.46 bits per heavy atom. The molecule has 0 spiro atoms. The van der Waals surface area contributed by atoms with Crippen molar-refractivity contribution in [3.63, 3.8) is 0 Å². The second kappa shape index (κ2) is 6.79. The lowest BCUT2D eigenvalue weighted by molar-refractivity contribution is -0.117. The molecule has 2 unspecified atom stereocenters. The standard InChI is InChI=1S/C8H14O2S3/c1-5(9)7(3)11-13-12-8(4)6(2)10/h7-8H,1-4H3. The van der Waals surface area contributed by atoms with Gasteiger partial charge in [-0.2, -0.15) is 0 Å². The third-order valence-electron chi connectivity index (χ3n) is 1.51. The predicted octanol–water partition coefficient (Wildman–Crippen LogP) is 2.97. The van der Waals surface area contributed by atoms with Gasteiger partial charge in [0.25, 0.3) is 0 Å². The molecule has 0 aliphatic heterocycles. The maximum Gasteiger partial charge on any atom is 0.143 e. The van der Waals surface area contributed by atoms with E-state index in [4.69, 9.17) is 0 Å². The Balaban J connectivity index is 3.56. The highest BCUT2D eigenvalue weighted by atomic mass is 33.5. The van der Waals surface area contributed by atoms with Crippen LogP contribution < -0.4 is 0 Å². The monoisotopic (exact) mass is 238 g/mol. The highest BCUT2D eigenvalue weighted by molar-refractivity contribution is 9.09. The van der Waals surface area contributed by atoms with Crippen LogP contribution in [0.3, 0.4) is 0 Å². The van der Waals surface area contributed by atoms with Crippen LogP contribution in [-0.2, 0) is 9.59 Å². The van der Waals surface area contributed by atoms with Gasteiger partial charge in [-0.15, -0.1) is 0 Å². The van der Waals surface area contributed by atoms with Crippen LogP contribution in [0.1, 0.15) is 27.7 Å². The van der Waals surface area contributed by atoms with Gasteiger partial charge in [0.2, 0.25) is 0 Å². The molecule has 0 bridgehead atoms. The third-order valence-corrected chi connectivity index (χ3v) is 6.53. The van der Waals surface area contributed by atoms with E-state index in [1.54, 1.807) is 13.8 Å². The Bertz CT molecular complexity index is 174. The maximum atomic E-state index is 10.8. The van der Waals surface area contributed by atoms with E-state index >= 15 is 0 Å². The summed E-state index contributed by atoms with van der Waals surface area (Å²) in [5, 5.41) is 0.0216. The van der Waals surface area contributed by atoms with Crippen molar-refractivity contribution >= 4 is 43.0 Å². The zero-order valence-electron chi connectivity index (χ0n) is 8.20. The fourth-order valence-corrected chi connectivity index (χ4v) is 5.01. The molecule has 0 fully saturated rings. The second-order valence-corrected chi connectivity index (χ2v) is 7.49. The van der Waals surface area contributed by atoms with E-state index in [2.05, 4.69) is 0 Å². The van der Waals surface area contributed by atoms with E-state index < -0.39 is 0 Å². The van der Waals surface area contributed by atoms with E-state index in [1.807, 2.05) is 13.8 Å². The minimum Gasteiger partial charge on any atom is -0.299 e. The molecule has 0 rings (SSSR count). The summed E-state index contributed by atoms with van der Waals surface area (Å²) in [4.78, 5) is 21.7. The van der Waals surface area contributed by atoms with Crippen molar-refractivity contribution in [3.8, 4) is 0 Å². The molecule has 0 radical (unpaired) electrons. The third kappa shape index (κ3) is 6.46. The molecule has 0 aromatic heterocycles. The SMILES string of the molecule is CC(=O)C(C)SSSC(C)C(C)=O. The quantitative estimate of drug-likeness (QED) is 0.665. The van der Waals surface area contributed by atoms with Gasteiger partial charge in [-0.1, -0.05) is 21.6 Å². The summed E-state index contributed by atoms with van der Waals surface area (Å²) >= 11 is 0. The van der Waals surface area contributed by atoms with Gasteiger partial charge in [0.1, 0.15) is 11.6 Å². The van der Waals surface area contributed by atoms with Gasteiger partial charge in [0, 0.05) is 0 Å². The summed E-state index contributed by atoms with van der Waals surface area (Å²) in [7, 11) is 4.53. The molecule has 0 aliphatic carbocycles. The molecule has 0 saturated carbocycles. The van der Waals surface area contributed by atoms with Gasteiger partial charge in [-0.25, -0.2) is 0 Å². The van der Waals surface area contributed by atoms with Gasteiger partial charge < -0.3 is 0 Å². The van der Waals surface area contributed by atoms with Crippen molar-refractivity contribution in [2.45, 2.75) is 38.2 Å². The fourth-order valence-electron chi connectivity index (χ4n) is 0.276. The maximum absolute atomic E-state index is 10.8. The van der Waals surface area contributed by atoms with Crippen LogP contribution in [0, 0.1) is 0 Å². The highest BCUT2D eigenvalue weighted by Crippen LogP contribution is 2.40. The minimum absolute atomic E-state index is 0.0108.